The van der Waals surface area contributed by atoms with Gasteiger partial charge in [-0.2, -0.15) is 0 Å². The first-order valence-corrected chi connectivity index (χ1v) is 4.93. The maximum atomic E-state index is 11.6. The Labute approximate surface area is 79.7 Å². The third-order valence-electron chi connectivity index (χ3n) is 2.21. The molecule has 0 aromatic heterocycles. The van der Waals surface area contributed by atoms with E-state index in [2.05, 4.69) is 10.6 Å². The van der Waals surface area contributed by atoms with Crippen LogP contribution in [0.4, 0.5) is 4.79 Å². The van der Waals surface area contributed by atoms with Gasteiger partial charge in [0.2, 0.25) is 0 Å². The lowest BCUT2D eigenvalue weighted by Gasteiger charge is -2.37. The summed E-state index contributed by atoms with van der Waals surface area (Å²) in [6.45, 7) is 8.61. The molecule has 0 spiro atoms. The fourth-order valence-corrected chi connectivity index (χ4v) is 1.39. The number of hydrogen-bond donors (Lipinski definition) is 2. The van der Waals surface area contributed by atoms with Gasteiger partial charge < -0.3 is 15.5 Å². The van der Waals surface area contributed by atoms with E-state index in [1.165, 1.54) is 0 Å². The number of amides is 2. The lowest BCUT2D eigenvalue weighted by molar-refractivity contribution is 0.152. The topological polar surface area (TPSA) is 44.4 Å². The van der Waals surface area contributed by atoms with Crippen molar-refractivity contribution in [1.82, 2.24) is 15.5 Å². The van der Waals surface area contributed by atoms with Gasteiger partial charge in [0.25, 0.3) is 0 Å². The summed E-state index contributed by atoms with van der Waals surface area (Å²) in [6.07, 6.45) is 0. The van der Waals surface area contributed by atoms with Crippen molar-refractivity contribution >= 4 is 6.03 Å². The van der Waals surface area contributed by atoms with Crippen LogP contribution < -0.4 is 10.6 Å². The van der Waals surface area contributed by atoms with Crippen LogP contribution in [0.3, 0.4) is 0 Å². The molecule has 76 valence electrons. The van der Waals surface area contributed by atoms with Gasteiger partial charge in [0, 0.05) is 25.7 Å². The van der Waals surface area contributed by atoms with E-state index < -0.39 is 0 Å². The predicted molar refractivity (Wildman–Crippen MR) is 52.7 cm³/mol. The molecule has 0 aromatic carbocycles. The zero-order valence-electron chi connectivity index (χ0n) is 8.63. The smallest absolute Gasteiger partial charge is 0.317 e. The number of carbonyl (C=O) groups is 1. The van der Waals surface area contributed by atoms with Crippen LogP contribution in [0, 0.1) is 0 Å². The molecule has 4 heteroatoms. The molecular weight excluding hydrogens is 166 g/mol. The van der Waals surface area contributed by atoms with Crippen molar-refractivity contribution in [2.24, 2.45) is 0 Å². The molecule has 13 heavy (non-hydrogen) atoms. The number of rotatable bonds is 3. The maximum Gasteiger partial charge on any atom is 0.317 e. The minimum absolute atomic E-state index is 0.0593. The molecule has 2 N–H and O–H groups in total. The summed E-state index contributed by atoms with van der Waals surface area (Å²) in [5.41, 5.74) is 0. The van der Waals surface area contributed by atoms with Gasteiger partial charge in [0.15, 0.2) is 0 Å². The molecule has 1 fully saturated rings. The average Bonchev–Trinajstić information content (AvgIpc) is 1.94. The summed E-state index contributed by atoms with van der Waals surface area (Å²) < 4.78 is 0. The van der Waals surface area contributed by atoms with Gasteiger partial charge in [0.05, 0.1) is 6.04 Å². The van der Waals surface area contributed by atoms with Crippen molar-refractivity contribution < 1.29 is 4.79 Å². The van der Waals surface area contributed by atoms with Crippen molar-refractivity contribution in [2.45, 2.75) is 32.9 Å². The standard InChI is InChI=1S/C9H19N3O/c1-4-12(8-5-10-6-8)9(13)11-7(2)3/h7-8,10H,4-6H2,1-3H3,(H,11,13). The molecule has 0 bridgehead atoms. The van der Waals surface area contributed by atoms with Gasteiger partial charge in [-0.05, 0) is 20.8 Å². The predicted octanol–water partition coefficient (Wildman–Crippen LogP) is 0.398. The largest absolute Gasteiger partial charge is 0.336 e. The summed E-state index contributed by atoms with van der Waals surface area (Å²) in [5, 5.41) is 6.06. The van der Waals surface area contributed by atoms with Crippen LogP contribution in [0.5, 0.6) is 0 Å². The molecule has 4 nitrogen and oxygen atoms in total. The number of nitrogens with zero attached hydrogens (tertiary/aromatic N) is 1. The lowest BCUT2D eigenvalue weighted by atomic mass is 10.1. The van der Waals surface area contributed by atoms with Crippen LogP contribution in [-0.4, -0.2) is 42.6 Å². The van der Waals surface area contributed by atoms with Gasteiger partial charge in [-0.1, -0.05) is 0 Å². The molecule has 1 aliphatic heterocycles. The third-order valence-corrected chi connectivity index (χ3v) is 2.21. The number of likely N-dealkylation sites (N-methyl/N-ethyl adjacent to an activating group) is 1. The summed E-state index contributed by atoms with van der Waals surface area (Å²) in [7, 11) is 0. The Balaban J connectivity index is 2.40. The molecule has 1 saturated heterocycles. The molecule has 1 aliphatic rings. The summed E-state index contributed by atoms with van der Waals surface area (Å²) >= 11 is 0. The van der Waals surface area contributed by atoms with Gasteiger partial charge in [0.1, 0.15) is 0 Å². The lowest BCUT2D eigenvalue weighted by Crippen LogP contribution is -2.61. The van der Waals surface area contributed by atoms with Crippen molar-refractivity contribution in [1.29, 1.82) is 0 Å². The van der Waals surface area contributed by atoms with Crippen LogP contribution in [0.1, 0.15) is 20.8 Å². The van der Waals surface area contributed by atoms with Crippen LogP contribution in [0.15, 0.2) is 0 Å². The van der Waals surface area contributed by atoms with E-state index in [1.54, 1.807) is 0 Å². The summed E-state index contributed by atoms with van der Waals surface area (Å²) in [5.74, 6) is 0. The van der Waals surface area contributed by atoms with E-state index in [0.29, 0.717) is 6.04 Å². The first-order valence-electron chi connectivity index (χ1n) is 4.93. The molecular formula is C9H19N3O. The Bertz CT molecular complexity index is 178. The first-order chi connectivity index (χ1) is 6.15. The van der Waals surface area contributed by atoms with E-state index in [4.69, 9.17) is 0 Å². The summed E-state index contributed by atoms with van der Waals surface area (Å²) in [6, 6.07) is 0.669. The zero-order chi connectivity index (χ0) is 9.84. The highest BCUT2D eigenvalue weighted by atomic mass is 16.2. The van der Waals surface area contributed by atoms with Gasteiger partial charge in [-0.25, -0.2) is 4.79 Å². The molecule has 0 saturated carbocycles. The van der Waals surface area contributed by atoms with Crippen molar-refractivity contribution in [3.63, 3.8) is 0 Å². The number of urea groups is 1. The molecule has 2 amide bonds. The van der Waals surface area contributed by atoms with Gasteiger partial charge in [-0.3, -0.25) is 0 Å². The second-order valence-corrected chi connectivity index (χ2v) is 3.70. The Kier molecular flexibility index (Phi) is 3.54. The van der Waals surface area contributed by atoms with E-state index >= 15 is 0 Å². The van der Waals surface area contributed by atoms with E-state index in [-0.39, 0.29) is 12.1 Å². The highest BCUT2D eigenvalue weighted by Gasteiger charge is 2.27. The van der Waals surface area contributed by atoms with Crippen molar-refractivity contribution in [3.05, 3.63) is 0 Å². The highest BCUT2D eigenvalue weighted by molar-refractivity contribution is 5.75. The monoisotopic (exact) mass is 185 g/mol. The van der Waals surface area contributed by atoms with E-state index in [9.17, 15) is 4.79 Å². The SMILES string of the molecule is CCN(C(=O)NC(C)C)C1CNC1. The third kappa shape index (κ3) is 2.59. The van der Waals surface area contributed by atoms with E-state index in [1.807, 2.05) is 25.7 Å². The Hall–Kier alpha value is -0.770. The molecule has 0 aromatic rings. The fourth-order valence-electron chi connectivity index (χ4n) is 1.39. The average molecular weight is 185 g/mol. The fraction of sp³-hybridized carbons (Fsp3) is 0.889. The van der Waals surface area contributed by atoms with Crippen molar-refractivity contribution in [2.75, 3.05) is 19.6 Å². The second kappa shape index (κ2) is 4.46. The Morgan fingerprint density at radius 2 is 2.23 bits per heavy atom. The molecule has 1 rings (SSSR count). The normalized spacial score (nSPS) is 16.9. The quantitative estimate of drug-likeness (QED) is 0.668. The zero-order valence-corrected chi connectivity index (χ0v) is 8.63. The van der Waals surface area contributed by atoms with Crippen LogP contribution >= 0.6 is 0 Å². The Morgan fingerprint density at radius 3 is 2.54 bits per heavy atom. The van der Waals surface area contributed by atoms with Crippen LogP contribution in [0.2, 0.25) is 0 Å². The number of hydrogen-bond acceptors (Lipinski definition) is 2. The van der Waals surface area contributed by atoms with Crippen LogP contribution in [-0.2, 0) is 0 Å². The first kappa shape index (κ1) is 10.3. The van der Waals surface area contributed by atoms with E-state index in [0.717, 1.165) is 19.6 Å². The minimum Gasteiger partial charge on any atom is -0.336 e. The minimum atomic E-state index is 0.0593. The molecule has 0 aliphatic carbocycles. The number of carbonyl (C=O) groups excluding carboxylic acids is 1. The highest BCUT2D eigenvalue weighted by Crippen LogP contribution is 2.04. The molecule has 0 atom stereocenters. The maximum absolute atomic E-state index is 11.6. The van der Waals surface area contributed by atoms with Gasteiger partial charge in [-0.15, -0.1) is 0 Å². The Morgan fingerprint density at radius 1 is 1.62 bits per heavy atom. The summed E-state index contributed by atoms with van der Waals surface area (Å²) in [4.78, 5) is 13.5. The molecule has 1 heterocycles. The van der Waals surface area contributed by atoms with Crippen molar-refractivity contribution in [3.8, 4) is 0 Å². The van der Waals surface area contributed by atoms with Gasteiger partial charge >= 0.3 is 6.03 Å². The number of nitrogens with one attached hydrogen (secondary N) is 2. The molecule has 0 radical (unpaired) electrons. The van der Waals surface area contributed by atoms with Crippen LogP contribution in [0.25, 0.3) is 0 Å². The second-order valence-electron chi connectivity index (χ2n) is 3.70. The molecule has 0 unspecified atom stereocenters.